The van der Waals surface area contributed by atoms with Crippen LogP contribution < -0.4 is 5.46 Å². The Kier molecular flexibility index (Phi) is 4.07. The second-order valence-electron chi connectivity index (χ2n) is 6.44. The van der Waals surface area contributed by atoms with E-state index >= 15 is 0 Å². The van der Waals surface area contributed by atoms with Crippen molar-refractivity contribution in [2.45, 2.75) is 65.1 Å². The lowest BCUT2D eigenvalue weighted by Gasteiger charge is -2.32. The molecule has 0 saturated carbocycles. The monoisotopic (exact) mass is 260 g/mol. The first-order valence-corrected chi connectivity index (χ1v) is 7.30. The molecular formula is C16H25BO2. The quantitative estimate of drug-likeness (QED) is 0.773. The summed E-state index contributed by atoms with van der Waals surface area (Å²) < 4.78 is 12.2. The van der Waals surface area contributed by atoms with Crippen LogP contribution in [0.4, 0.5) is 0 Å². The second-order valence-corrected chi connectivity index (χ2v) is 6.44. The Hall–Kier alpha value is -0.795. The summed E-state index contributed by atoms with van der Waals surface area (Å²) in [5.74, 6) is 0. The molecule has 104 valence electrons. The van der Waals surface area contributed by atoms with E-state index in [1.165, 1.54) is 18.4 Å². The third kappa shape index (κ3) is 3.03. The zero-order valence-electron chi connectivity index (χ0n) is 12.8. The van der Waals surface area contributed by atoms with Crippen LogP contribution in [0.5, 0.6) is 0 Å². The molecule has 1 aliphatic heterocycles. The van der Waals surface area contributed by atoms with Crippen LogP contribution in [0, 0.1) is 0 Å². The molecule has 0 aliphatic carbocycles. The molecule has 0 N–H and O–H groups in total. The minimum absolute atomic E-state index is 0.244. The fourth-order valence-electron chi connectivity index (χ4n) is 2.26. The van der Waals surface area contributed by atoms with E-state index in [0.29, 0.717) is 0 Å². The normalized spacial score (nSPS) is 20.8. The molecular weight excluding hydrogens is 235 g/mol. The van der Waals surface area contributed by atoms with Gasteiger partial charge in [-0.15, -0.1) is 0 Å². The van der Waals surface area contributed by atoms with Gasteiger partial charge in [0.2, 0.25) is 0 Å². The van der Waals surface area contributed by atoms with E-state index in [1.54, 1.807) is 0 Å². The second kappa shape index (κ2) is 5.30. The molecule has 1 aromatic rings. The number of aryl methyl sites for hydroxylation is 1. The van der Waals surface area contributed by atoms with Gasteiger partial charge in [0, 0.05) is 0 Å². The Bertz CT molecular complexity index is 424. The highest BCUT2D eigenvalue weighted by Gasteiger charge is 2.51. The minimum Gasteiger partial charge on any atom is -0.399 e. The lowest BCUT2D eigenvalue weighted by Crippen LogP contribution is -2.41. The Balaban J connectivity index is 2.15. The van der Waals surface area contributed by atoms with Gasteiger partial charge < -0.3 is 9.31 Å². The standard InChI is InChI=1S/C16H25BO2/c1-6-7-9-13-10-8-11-14(12-13)17-18-15(2,3)16(4,5)19-17/h8,10-12H,6-7,9H2,1-5H3. The third-order valence-corrected chi connectivity index (χ3v) is 4.30. The van der Waals surface area contributed by atoms with Crippen molar-refractivity contribution in [3.63, 3.8) is 0 Å². The number of unbranched alkanes of at least 4 members (excludes halogenated alkanes) is 1. The summed E-state index contributed by atoms with van der Waals surface area (Å²) in [6.45, 7) is 10.6. The molecule has 0 spiro atoms. The van der Waals surface area contributed by atoms with Crippen molar-refractivity contribution in [1.82, 2.24) is 0 Å². The van der Waals surface area contributed by atoms with E-state index < -0.39 is 0 Å². The van der Waals surface area contributed by atoms with Crippen molar-refractivity contribution in [2.24, 2.45) is 0 Å². The molecule has 0 radical (unpaired) electrons. The molecule has 1 aromatic carbocycles. The molecule has 1 heterocycles. The molecule has 0 unspecified atom stereocenters. The lowest BCUT2D eigenvalue weighted by atomic mass is 9.78. The van der Waals surface area contributed by atoms with Gasteiger partial charge in [0.05, 0.1) is 11.2 Å². The summed E-state index contributed by atoms with van der Waals surface area (Å²) in [6.07, 6.45) is 3.58. The van der Waals surface area contributed by atoms with Crippen LogP contribution in [0.2, 0.25) is 0 Å². The molecule has 1 aliphatic rings. The van der Waals surface area contributed by atoms with Crippen LogP contribution in [0.15, 0.2) is 24.3 Å². The van der Waals surface area contributed by atoms with E-state index in [1.807, 2.05) is 0 Å². The number of rotatable bonds is 4. The first-order chi connectivity index (χ1) is 8.86. The van der Waals surface area contributed by atoms with Gasteiger partial charge in [-0.05, 0) is 51.6 Å². The first kappa shape index (κ1) is 14.6. The molecule has 19 heavy (non-hydrogen) atoms. The van der Waals surface area contributed by atoms with Gasteiger partial charge >= 0.3 is 7.12 Å². The molecule has 1 fully saturated rings. The van der Waals surface area contributed by atoms with Gasteiger partial charge in [-0.1, -0.05) is 37.6 Å². The zero-order chi connectivity index (χ0) is 14.1. The number of hydrogen-bond donors (Lipinski definition) is 0. The van der Waals surface area contributed by atoms with Crippen LogP contribution in [-0.2, 0) is 15.7 Å². The minimum atomic E-state index is -0.267. The summed E-state index contributed by atoms with van der Waals surface area (Å²) in [5, 5.41) is 0. The first-order valence-electron chi connectivity index (χ1n) is 7.30. The predicted octanol–water partition coefficient (Wildman–Crippen LogP) is 3.33. The summed E-state index contributed by atoms with van der Waals surface area (Å²) in [6, 6.07) is 8.60. The Morgan fingerprint density at radius 3 is 2.26 bits per heavy atom. The molecule has 0 atom stereocenters. The van der Waals surface area contributed by atoms with Gasteiger partial charge in [-0.25, -0.2) is 0 Å². The van der Waals surface area contributed by atoms with Gasteiger partial charge in [0.25, 0.3) is 0 Å². The maximum atomic E-state index is 6.09. The van der Waals surface area contributed by atoms with Crippen LogP contribution in [0.3, 0.4) is 0 Å². The summed E-state index contributed by atoms with van der Waals surface area (Å²) in [4.78, 5) is 0. The van der Waals surface area contributed by atoms with Crippen LogP contribution >= 0.6 is 0 Å². The van der Waals surface area contributed by atoms with Crippen LogP contribution in [0.1, 0.15) is 53.0 Å². The Morgan fingerprint density at radius 2 is 1.68 bits per heavy atom. The molecule has 0 aromatic heterocycles. The van der Waals surface area contributed by atoms with Gasteiger partial charge in [0.1, 0.15) is 0 Å². The van der Waals surface area contributed by atoms with Crippen LogP contribution in [0.25, 0.3) is 0 Å². The molecule has 2 rings (SSSR count). The largest absolute Gasteiger partial charge is 0.494 e. The van der Waals surface area contributed by atoms with E-state index in [9.17, 15) is 0 Å². The summed E-state index contributed by atoms with van der Waals surface area (Å²) >= 11 is 0. The van der Waals surface area contributed by atoms with Crippen molar-refractivity contribution in [3.8, 4) is 0 Å². The average molecular weight is 260 g/mol. The average Bonchev–Trinajstić information content (AvgIpc) is 2.56. The van der Waals surface area contributed by atoms with E-state index in [-0.39, 0.29) is 18.3 Å². The lowest BCUT2D eigenvalue weighted by molar-refractivity contribution is 0.00578. The number of benzene rings is 1. The van der Waals surface area contributed by atoms with Crippen molar-refractivity contribution in [1.29, 1.82) is 0 Å². The highest BCUT2D eigenvalue weighted by Crippen LogP contribution is 2.36. The third-order valence-electron chi connectivity index (χ3n) is 4.30. The summed E-state index contributed by atoms with van der Waals surface area (Å²) in [5.41, 5.74) is 1.97. The fourth-order valence-corrected chi connectivity index (χ4v) is 2.26. The van der Waals surface area contributed by atoms with Crippen molar-refractivity contribution < 1.29 is 9.31 Å². The van der Waals surface area contributed by atoms with Gasteiger partial charge in [-0.3, -0.25) is 0 Å². The molecule has 2 nitrogen and oxygen atoms in total. The van der Waals surface area contributed by atoms with Gasteiger partial charge in [0.15, 0.2) is 0 Å². The number of hydrogen-bond acceptors (Lipinski definition) is 2. The highest BCUT2D eigenvalue weighted by molar-refractivity contribution is 6.62. The topological polar surface area (TPSA) is 18.5 Å². The van der Waals surface area contributed by atoms with Crippen molar-refractivity contribution in [3.05, 3.63) is 29.8 Å². The Labute approximate surface area is 117 Å². The van der Waals surface area contributed by atoms with E-state index in [4.69, 9.17) is 9.31 Å². The SMILES string of the molecule is CCCCc1cccc(B2OC(C)(C)C(C)(C)O2)c1. The smallest absolute Gasteiger partial charge is 0.399 e. The highest BCUT2D eigenvalue weighted by atomic mass is 16.7. The van der Waals surface area contributed by atoms with E-state index in [0.717, 1.165) is 11.9 Å². The zero-order valence-corrected chi connectivity index (χ0v) is 12.8. The predicted molar refractivity (Wildman–Crippen MR) is 80.8 cm³/mol. The maximum Gasteiger partial charge on any atom is 0.494 e. The van der Waals surface area contributed by atoms with Crippen LogP contribution in [-0.4, -0.2) is 18.3 Å². The fraction of sp³-hybridized carbons (Fsp3) is 0.625. The van der Waals surface area contributed by atoms with Crippen molar-refractivity contribution >= 4 is 12.6 Å². The molecule has 3 heteroatoms. The van der Waals surface area contributed by atoms with Gasteiger partial charge in [-0.2, -0.15) is 0 Å². The van der Waals surface area contributed by atoms with Crippen molar-refractivity contribution in [2.75, 3.05) is 0 Å². The summed E-state index contributed by atoms with van der Waals surface area (Å²) in [7, 11) is -0.244. The van der Waals surface area contributed by atoms with E-state index in [2.05, 4.69) is 58.9 Å². The Morgan fingerprint density at radius 1 is 1.05 bits per heavy atom. The molecule has 1 saturated heterocycles. The maximum absolute atomic E-state index is 6.09. The molecule has 0 amide bonds. The molecule has 0 bridgehead atoms.